The molecule has 1 aromatic carbocycles. The van der Waals surface area contributed by atoms with Gasteiger partial charge in [-0.3, -0.25) is 4.72 Å². The second kappa shape index (κ2) is 8.32. The van der Waals surface area contributed by atoms with E-state index in [1.165, 1.54) is 17.8 Å². The molecule has 0 bridgehead atoms. The second-order valence-corrected chi connectivity index (χ2v) is 7.99. The molecule has 3 N–H and O–H groups in total. The van der Waals surface area contributed by atoms with Gasteiger partial charge < -0.3 is 10.4 Å². The number of hydrogen-bond acceptors (Lipinski definition) is 7. The highest BCUT2D eigenvalue weighted by atomic mass is 32.2. The van der Waals surface area contributed by atoms with E-state index in [1.54, 1.807) is 6.92 Å². The van der Waals surface area contributed by atoms with Crippen LogP contribution in [-0.4, -0.2) is 42.4 Å². The number of thioether (sulfide) groups is 1. The molecule has 0 aliphatic carbocycles. The average molecular weight is 368 g/mol. The topological polar surface area (TPSA) is 104 Å². The molecule has 2 rings (SSSR count). The molecule has 1 unspecified atom stereocenters. The van der Waals surface area contributed by atoms with E-state index in [9.17, 15) is 13.5 Å². The van der Waals surface area contributed by atoms with Crippen molar-refractivity contribution in [3.63, 3.8) is 0 Å². The van der Waals surface area contributed by atoms with Crippen molar-refractivity contribution in [2.45, 2.75) is 23.9 Å². The number of rotatable bonds is 8. The maximum atomic E-state index is 11.4. The number of aromatic nitrogens is 2. The molecule has 0 radical (unpaired) electrons. The Labute approximate surface area is 146 Å². The van der Waals surface area contributed by atoms with Crippen molar-refractivity contribution >= 4 is 33.4 Å². The highest BCUT2D eigenvalue weighted by Gasteiger charge is 2.10. The fourth-order valence-corrected chi connectivity index (χ4v) is 3.10. The van der Waals surface area contributed by atoms with Crippen LogP contribution < -0.4 is 10.0 Å². The van der Waals surface area contributed by atoms with Gasteiger partial charge in [-0.15, -0.1) is 0 Å². The van der Waals surface area contributed by atoms with Crippen LogP contribution in [0.1, 0.15) is 12.5 Å². The first-order chi connectivity index (χ1) is 11.3. The molecular formula is C15H20N4O3S2. The van der Waals surface area contributed by atoms with E-state index in [1.807, 2.05) is 30.3 Å². The third-order valence-corrected chi connectivity index (χ3v) is 4.28. The van der Waals surface area contributed by atoms with Crippen LogP contribution in [0.4, 0.5) is 11.6 Å². The molecule has 1 aromatic heterocycles. The van der Waals surface area contributed by atoms with Crippen molar-refractivity contribution in [1.82, 2.24) is 9.97 Å². The third kappa shape index (κ3) is 6.73. The number of nitrogens with one attached hydrogen (secondary N) is 2. The molecule has 9 heteroatoms. The molecule has 24 heavy (non-hydrogen) atoms. The molecule has 0 aliphatic heterocycles. The Morgan fingerprint density at radius 2 is 1.88 bits per heavy atom. The largest absolute Gasteiger partial charge is 0.392 e. The summed E-state index contributed by atoms with van der Waals surface area (Å²) in [6.45, 7) is 1.95. The molecular weight excluding hydrogens is 348 g/mol. The van der Waals surface area contributed by atoms with Crippen molar-refractivity contribution in [1.29, 1.82) is 0 Å². The van der Waals surface area contributed by atoms with E-state index in [0.29, 0.717) is 23.3 Å². The number of hydrogen-bond donors (Lipinski definition) is 3. The molecule has 1 atom stereocenters. The Morgan fingerprint density at radius 3 is 2.50 bits per heavy atom. The predicted molar refractivity (Wildman–Crippen MR) is 96.7 cm³/mol. The lowest BCUT2D eigenvalue weighted by Crippen LogP contribution is -2.17. The summed E-state index contributed by atoms with van der Waals surface area (Å²) in [5.74, 6) is 1.31. The fourth-order valence-electron chi connectivity index (χ4n) is 1.80. The summed E-state index contributed by atoms with van der Waals surface area (Å²) in [7, 11) is -3.44. The Morgan fingerprint density at radius 1 is 1.21 bits per heavy atom. The van der Waals surface area contributed by atoms with Gasteiger partial charge in [0.15, 0.2) is 5.16 Å². The summed E-state index contributed by atoms with van der Waals surface area (Å²) in [6, 6.07) is 11.3. The monoisotopic (exact) mass is 368 g/mol. The molecule has 0 saturated heterocycles. The molecule has 0 fully saturated rings. The first kappa shape index (κ1) is 18.5. The summed E-state index contributed by atoms with van der Waals surface area (Å²) in [5, 5.41) is 12.8. The number of aliphatic hydroxyl groups is 1. The summed E-state index contributed by atoms with van der Waals surface area (Å²) >= 11 is 1.40. The minimum absolute atomic E-state index is 0.191. The first-order valence-corrected chi connectivity index (χ1v) is 10.1. The third-order valence-electron chi connectivity index (χ3n) is 2.78. The van der Waals surface area contributed by atoms with E-state index in [2.05, 4.69) is 20.0 Å². The van der Waals surface area contributed by atoms with Crippen LogP contribution in [0.15, 0.2) is 41.6 Å². The Hall–Kier alpha value is -1.84. The van der Waals surface area contributed by atoms with E-state index < -0.39 is 16.1 Å². The van der Waals surface area contributed by atoms with E-state index in [0.717, 1.165) is 11.8 Å². The van der Waals surface area contributed by atoms with Crippen LogP contribution in [0, 0.1) is 0 Å². The van der Waals surface area contributed by atoms with Gasteiger partial charge in [-0.1, -0.05) is 42.1 Å². The molecule has 1 heterocycles. The standard InChI is InChI=1S/C15H20N4O3S2/c1-11(20)9-16-13-8-14(19-24(2,21)22)18-15(17-13)23-10-12-6-4-3-5-7-12/h3-8,11,20H,9-10H2,1-2H3,(H2,16,17,18,19). The van der Waals surface area contributed by atoms with Gasteiger partial charge in [-0.2, -0.15) is 0 Å². The molecule has 2 aromatic rings. The second-order valence-electron chi connectivity index (χ2n) is 5.30. The van der Waals surface area contributed by atoms with Gasteiger partial charge in [0.2, 0.25) is 10.0 Å². The SMILES string of the molecule is CC(O)CNc1cc(NS(C)(=O)=O)nc(SCc2ccccc2)n1. The van der Waals surface area contributed by atoms with Crippen LogP contribution in [0.3, 0.4) is 0 Å². The van der Waals surface area contributed by atoms with E-state index in [4.69, 9.17) is 0 Å². The summed E-state index contributed by atoms with van der Waals surface area (Å²) in [4.78, 5) is 8.57. The smallest absolute Gasteiger partial charge is 0.230 e. The lowest BCUT2D eigenvalue weighted by molar-refractivity contribution is 0.208. The van der Waals surface area contributed by atoms with Gasteiger partial charge in [0.25, 0.3) is 0 Å². The van der Waals surface area contributed by atoms with Crippen LogP contribution in [-0.2, 0) is 15.8 Å². The normalized spacial score (nSPS) is 12.6. The Bertz CT molecular complexity index is 768. The number of benzene rings is 1. The minimum Gasteiger partial charge on any atom is -0.392 e. The zero-order valence-electron chi connectivity index (χ0n) is 13.4. The van der Waals surface area contributed by atoms with Crippen LogP contribution >= 0.6 is 11.8 Å². The van der Waals surface area contributed by atoms with E-state index in [-0.39, 0.29) is 5.82 Å². The van der Waals surface area contributed by atoms with Crippen LogP contribution in [0.5, 0.6) is 0 Å². The number of nitrogens with zero attached hydrogens (tertiary/aromatic N) is 2. The average Bonchev–Trinajstić information content (AvgIpc) is 2.50. The van der Waals surface area contributed by atoms with Crippen LogP contribution in [0.2, 0.25) is 0 Å². The number of aliphatic hydroxyl groups excluding tert-OH is 1. The maximum Gasteiger partial charge on any atom is 0.230 e. The summed E-state index contributed by atoms with van der Waals surface area (Å²) < 4.78 is 25.2. The van der Waals surface area contributed by atoms with Gasteiger partial charge in [0, 0.05) is 18.4 Å². The lowest BCUT2D eigenvalue weighted by atomic mass is 10.2. The zero-order chi connectivity index (χ0) is 17.6. The molecule has 0 spiro atoms. The molecule has 130 valence electrons. The summed E-state index contributed by atoms with van der Waals surface area (Å²) in [5.41, 5.74) is 1.12. The minimum atomic E-state index is -3.44. The van der Waals surface area contributed by atoms with Crippen molar-refractivity contribution in [2.24, 2.45) is 0 Å². The number of sulfonamides is 1. The van der Waals surface area contributed by atoms with Crippen molar-refractivity contribution in [3.8, 4) is 0 Å². The fraction of sp³-hybridized carbons (Fsp3) is 0.333. The Kier molecular flexibility index (Phi) is 6.41. The molecule has 0 amide bonds. The van der Waals surface area contributed by atoms with Crippen LogP contribution in [0.25, 0.3) is 0 Å². The molecule has 7 nitrogen and oxygen atoms in total. The predicted octanol–water partition coefficient (Wildman–Crippen LogP) is 1.93. The maximum absolute atomic E-state index is 11.4. The quantitative estimate of drug-likeness (QED) is 0.483. The summed E-state index contributed by atoms with van der Waals surface area (Å²) in [6.07, 6.45) is 0.515. The van der Waals surface area contributed by atoms with Crippen molar-refractivity contribution in [2.75, 3.05) is 22.8 Å². The van der Waals surface area contributed by atoms with Gasteiger partial charge in [-0.25, -0.2) is 18.4 Å². The van der Waals surface area contributed by atoms with Gasteiger partial charge in [0.1, 0.15) is 11.6 Å². The zero-order valence-corrected chi connectivity index (χ0v) is 15.1. The highest BCUT2D eigenvalue weighted by molar-refractivity contribution is 7.98. The van der Waals surface area contributed by atoms with Gasteiger partial charge in [0.05, 0.1) is 12.4 Å². The van der Waals surface area contributed by atoms with Crippen molar-refractivity contribution < 1.29 is 13.5 Å². The highest BCUT2D eigenvalue weighted by Crippen LogP contribution is 2.23. The molecule has 0 saturated carbocycles. The van der Waals surface area contributed by atoms with Gasteiger partial charge in [-0.05, 0) is 12.5 Å². The molecule has 0 aliphatic rings. The van der Waals surface area contributed by atoms with Crippen molar-refractivity contribution in [3.05, 3.63) is 42.0 Å². The lowest BCUT2D eigenvalue weighted by Gasteiger charge is -2.11. The first-order valence-electron chi connectivity index (χ1n) is 7.27. The Balaban J connectivity index is 2.17. The van der Waals surface area contributed by atoms with Gasteiger partial charge >= 0.3 is 0 Å². The number of anilines is 2. The van der Waals surface area contributed by atoms with E-state index >= 15 is 0 Å².